The van der Waals surface area contributed by atoms with Gasteiger partial charge >= 0.3 is 6.18 Å². The van der Waals surface area contributed by atoms with Crippen molar-refractivity contribution in [2.75, 3.05) is 48.3 Å². The van der Waals surface area contributed by atoms with E-state index in [1.54, 1.807) is 6.33 Å². The lowest BCUT2D eigenvalue weighted by Crippen LogP contribution is -2.50. The van der Waals surface area contributed by atoms with Crippen molar-refractivity contribution in [2.24, 2.45) is 0 Å². The van der Waals surface area contributed by atoms with Gasteiger partial charge in [-0.25, -0.2) is 9.97 Å². The summed E-state index contributed by atoms with van der Waals surface area (Å²) in [7, 11) is 0. The van der Waals surface area contributed by atoms with Crippen LogP contribution in [-0.2, 0) is 12.6 Å². The Labute approximate surface area is 177 Å². The first kappa shape index (κ1) is 22.1. The number of hydrogen-bond acceptors (Lipinski definition) is 6. The number of aryl methyl sites for hydroxylation is 1. The van der Waals surface area contributed by atoms with E-state index in [4.69, 9.17) is 0 Å². The number of rotatable bonds is 4. The number of nitrogens with one attached hydrogen (secondary N) is 2. The molecule has 1 unspecified atom stereocenters. The fraction of sp³-hybridized carbons (Fsp3) is 0.524. The van der Waals surface area contributed by atoms with Crippen LogP contribution in [0.2, 0.25) is 0 Å². The maximum atomic E-state index is 12.9. The van der Waals surface area contributed by atoms with Crippen LogP contribution in [0.3, 0.4) is 0 Å². The van der Waals surface area contributed by atoms with Crippen LogP contribution in [0.15, 0.2) is 30.7 Å². The summed E-state index contributed by atoms with van der Waals surface area (Å²) in [5, 5.41) is 6.44. The summed E-state index contributed by atoms with van der Waals surface area (Å²) in [4.78, 5) is 13.1. The molecule has 1 aromatic heterocycles. The third-order valence-corrected chi connectivity index (χ3v) is 5.26. The van der Waals surface area contributed by atoms with E-state index >= 15 is 0 Å². The molecule has 166 valence electrons. The van der Waals surface area contributed by atoms with Gasteiger partial charge in [-0.15, -0.1) is 0 Å². The molecule has 9 heteroatoms. The van der Waals surface area contributed by atoms with Crippen molar-refractivity contribution in [1.82, 2.24) is 14.9 Å². The number of anilines is 3. The third kappa shape index (κ3) is 4.95. The molecule has 1 fully saturated rings. The molecule has 6 nitrogen and oxygen atoms in total. The Morgan fingerprint density at radius 2 is 1.80 bits per heavy atom. The molecule has 0 spiro atoms. The van der Waals surface area contributed by atoms with E-state index in [1.807, 2.05) is 20.0 Å². The number of hydrogen-bond donors (Lipinski definition) is 2. The molecule has 2 aromatic rings. The number of benzene rings is 1. The largest absolute Gasteiger partial charge is 0.416 e. The summed E-state index contributed by atoms with van der Waals surface area (Å²) in [6.45, 7) is 10.3. The van der Waals surface area contributed by atoms with E-state index in [1.165, 1.54) is 12.1 Å². The summed E-state index contributed by atoms with van der Waals surface area (Å²) in [5.41, 5.74) is 1.73. The van der Waals surface area contributed by atoms with Gasteiger partial charge in [0.2, 0.25) is 0 Å². The van der Waals surface area contributed by atoms with Crippen molar-refractivity contribution in [1.29, 1.82) is 0 Å². The molecular weight excluding hydrogens is 393 g/mol. The fourth-order valence-electron chi connectivity index (χ4n) is 3.76. The molecule has 0 saturated carbocycles. The number of aromatic nitrogens is 2. The van der Waals surface area contributed by atoms with Crippen molar-refractivity contribution in [3.8, 4) is 0 Å². The molecule has 2 aliphatic rings. The second kappa shape index (κ2) is 9.51. The summed E-state index contributed by atoms with van der Waals surface area (Å²) >= 11 is 0. The van der Waals surface area contributed by atoms with Gasteiger partial charge in [0.05, 0.1) is 16.9 Å². The Balaban J connectivity index is 0.00000111. The topological polar surface area (TPSA) is 56.3 Å². The van der Waals surface area contributed by atoms with Gasteiger partial charge in [-0.2, -0.15) is 13.2 Å². The molecule has 0 radical (unpaired) electrons. The number of fused-ring (bicyclic) bond motifs is 1. The van der Waals surface area contributed by atoms with Gasteiger partial charge in [-0.05, 0) is 24.6 Å². The molecule has 0 amide bonds. The average molecular weight is 425 g/mol. The van der Waals surface area contributed by atoms with E-state index in [-0.39, 0.29) is 7.59 Å². The van der Waals surface area contributed by atoms with E-state index in [0.29, 0.717) is 17.9 Å². The normalized spacial score (nSPS) is 18.7. The standard InChI is InChI=1S/C19H23F3N6.C2H6.H2/c1-2-13-10-23-12-24-18(13)28-7-5-27(6-8-28)11-17-25-15-4-3-14(19(20,21)22)9-16(15)26-17;1-2;/h3-4,9-10,12,17,25-26H,2,5-8,11H2,1H3;1-2H3;1H. The van der Waals surface area contributed by atoms with Crippen molar-refractivity contribution in [3.63, 3.8) is 0 Å². The third-order valence-electron chi connectivity index (χ3n) is 5.26. The van der Waals surface area contributed by atoms with Gasteiger partial charge in [0.1, 0.15) is 18.3 Å². The molecular formula is C21H31F3N6. The van der Waals surface area contributed by atoms with Crippen LogP contribution in [0.5, 0.6) is 0 Å². The highest BCUT2D eigenvalue weighted by Gasteiger charge is 2.33. The Morgan fingerprint density at radius 1 is 1.10 bits per heavy atom. The Morgan fingerprint density at radius 3 is 2.47 bits per heavy atom. The molecule has 3 heterocycles. The first-order valence-corrected chi connectivity index (χ1v) is 10.4. The van der Waals surface area contributed by atoms with Crippen molar-refractivity contribution >= 4 is 17.2 Å². The highest BCUT2D eigenvalue weighted by Crippen LogP contribution is 2.36. The van der Waals surface area contributed by atoms with Gasteiger partial charge in [0.15, 0.2) is 0 Å². The summed E-state index contributed by atoms with van der Waals surface area (Å²) in [6, 6.07) is 3.77. The molecule has 2 N–H and O–H groups in total. The van der Waals surface area contributed by atoms with Crippen molar-refractivity contribution in [3.05, 3.63) is 41.9 Å². The van der Waals surface area contributed by atoms with E-state index in [0.717, 1.165) is 50.0 Å². The lowest BCUT2D eigenvalue weighted by atomic mass is 10.2. The quantitative estimate of drug-likeness (QED) is 0.763. The molecule has 0 aliphatic carbocycles. The van der Waals surface area contributed by atoms with Crippen LogP contribution in [-0.4, -0.2) is 53.8 Å². The van der Waals surface area contributed by atoms with E-state index in [9.17, 15) is 13.2 Å². The number of nitrogens with zero attached hydrogens (tertiary/aromatic N) is 4. The van der Waals surface area contributed by atoms with Crippen LogP contribution in [0.25, 0.3) is 0 Å². The van der Waals surface area contributed by atoms with Gasteiger partial charge in [0, 0.05) is 45.9 Å². The predicted octanol–water partition coefficient (Wildman–Crippen LogP) is 4.32. The maximum Gasteiger partial charge on any atom is 0.416 e. The van der Waals surface area contributed by atoms with Crippen LogP contribution in [0, 0.1) is 0 Å². The zero-order valence-corrected chi connectivity index (χ0v) is 17.6. The molecule has 1 atom stereocenters. The molecule has 30 heavy (non-hydrogen) atoms. The van der Waals surface area contributed by atoms with Crippen LogP contribution >= 0.6 is 0 Å². The Kier molecular flexibility index (Phi) is 7.02. The average Bonchev–Trinajstić information content (AvgIpc) is 3.16. The monoisotopic (exact) mass is 424 g/mol. The molecule has 0 bridgehead atoms. The minimum atomic E-state index is -4.33. The van der Waals surface area contributed by atoms with Crippen molar-refractivity contribution < 1.29 is 14.6 Å². The van der Waals surface area contributed by atoms with Crippen LogP contribution in [0.1, 0.15) is 33.3 Å². The van der Waals surface area contributed by atoms with Crippen LogP contribution < -0.4 is 15.5 Å². The fourth-order valence-corrected chi connectivity index (χ4v) is 3.76. The summed E-state index contributed by atoms with van der Waals surface area (Å²) in [5.74, 6) is 1.00. The minimum absolute atomic E-state index is 0. The zero-order chi connectivity index (χ0) is 21.7. The highest BCUT2D eigenvalue weighted by molar-refractivity contribution is 5.75. The second-order valence-corrected chi connectivity index (χ2v) is 7.11. The number of piperazine rings is 1. The van der Waals surface area contributed by atoms with E-state index in [2.05, 4.69) is 37.3 Å². The molecule has 1 aromatic carbocycles. The van der Waals surface area contributed by atoms with Gasteiger partial charge < -0.3 is 15.5 Å². The number of halogens is 3. The lowest BCUT2D eigenvalue weighted by molar-refractivity contribution is -0.137. The highest BCUT2D eigenvalue weighted by atomic mass is 19.4. The smallest absolute Gasteiger partial charge is 0.363 e. The number of alkyl halides is 3. The lowest BCUT2D eigenvalue weighted by Gasteiger charge is -2.37. The molecule has 2 aliphatic heterocycles. The minimum Gasteiger partial charge on any atom is -0.363 e. The van der Waals surface area contributed by atoms with Crippen molar-refractivity contribution in [2.45, 2.75) is 39.5 Å². The maximum absolute atomic E-state index is 12.9. The molecule has 4 rings (SSSR count). The second-order valence-electron chi connectivity index (χ2n) is 7.11. The van der Waals surface area contributed by atoms with Crippen LogP contribution in [0.4, 0.5) is 30.4 Å². The van der Waals surface area contributed by atoms with Gasteiger partial charge in [-0.1, -0.05) is 20.8 Å². The van der Waals surface area contributed by atoms with E-state index < -0.39 is 11.7 Å². The predicted molar refractivity (Wildman–Crippen MR) is 116 cm³/mol. The van der Waals surface area contributed by atoms with Gasteiger partial charge in [0.25, 0.3) is 0 Å². The Bertz CT molecular complexity index is 840. The SMILES string of the molecule is CC.CCc1cncnc1N1CCN(CC2Nc3ccc(C(F)(F)F)cc3N2)CC1.[HH]. The van der Waals surface area contributed by atoms with Gasteiger partial charge in [-0.3, -0.25) is 4.90 Å². The first-order valence-electron chi connectivity index (χ1n) is 10.4. The summed E-state index contributed by atoms with van der Waals surface area (Å²) < 4.78 is 38.7. The zero-order valence-electron chi connectivity index (χ0n) is 17.6. The molecule has 1 saturated heterocycles. The summed E-state index contributed by atoms with van der Waals surface area (Å²) in [6.07, 6.45) is -0.0866. The first-order chi connectivity index (χ1) is 14.4. The Hall–Kier alpha value is -2.55.